The molecular formula is C13H12FN3O. The first kappa shape index (κ1) is 12.1. The molecule has 0 aliphatic rings. The normalized spacial score (nSPS) is 10.1. The quantitative estimate of drug-likeness (QED) is 0.833. The maximum atomic E-state index is 13.5. The number of ether oxygens (including phenoxy) is 1. The van der Waals surface area contributed by atoms with E-state index in [1.54, 1.807) is 22.9 Å². The van der Waals surface area contributed by atoms with Gasteiger partial charge in [0.05, 0.1) is 19.3 Å². The molecule has 0 atom stereocenters. The van der Waals surface area contributed by atoms with E-state index in [-0.39, 0.29) is 5.75 Å². The molecule has 2 aromatic rings. The number of aromatic nitrogens is 2. The molecular weight excluding hydrogens is 233 g/mol. The molecule has 0 unspecified atom stereocenters. The molecule has 0 fully saturated rings. The number of benzene rings is 1. The van der Waals surface area contributed by atoms with Crippen molar-refractivity contribution in [2.45, 2.75) is 13.5 Å². The number of aryl methyl sites for hydroxylation is 1. The van der Waals surface area contributed by atoms with E-state index < -0.39 is 5.82 Å². The van der Waals surface area contributed by atoms with Crippen LogP contribution < -0.4 is 4.74 Å². The first-order valence-corrected chi connectivity index (χ1v) is 5.41. The lowest BCUT2D eigenvalue weighted by Gasteiger charge is -2.06. The lowest BCUT2D eigenvalue weighted by Crippen LogP contribution is -2.05. The molecule has 0 amide bonds. The van der Waals surface area contributed by atoms with Crippen LogP contribution in [0.4, 0.5) is 4.39 Å². The fraction of sp³-hybridized carbons (Fsp3) is 0.231. The van der Waals surface area contributed by atoms with Crippen LogP contribution in [0.25, 0.3) is 0 Å². The van der Waals surface area contributed by atoms with Gasteiger partial charge in [-0.3, -0.25) is 4.68 Å². The van der Waals surface area contributed by atoms with E-state index in [0.717, 1.165) is 11.3 Å². The highest BCUT2D eigenvalue weighted by Crippen LogP contribution is 2.18. The maximum absolute atomic E-state index is 13.5. The summed E-state index contributed by atoms with van der Waals surface area (Å²) in [7, 11) is 1.42. The number of nitrogens with zero attached hydrogens (tertiary/aromatic N) is 3. The van der Waals surface area contributed by atoms with Crippen LogP contribution in [0.15, 0.2) is 24.3 Å². The Morgan fingerprint density at radius 2 is 2.22 bits per heavy atom. The van der Waals surface area contributed by atoms with E-state index in [0.29, 0.717) is 12.2 Å². The van der Waals surface area contributed by atoms with Crippen molar-refractivity contribution in [2.75, 3.05) is 7.11 Å². The molecule has 4 nitrogen and oxygen atoms in total. The third-order valence-electron chi connectivity index (χ3n) is 2.57. The molecule has 0 saturated carbocycles. The van der Waals surface area contributed by atoms with Gasteiger partial charge in [-0.25, -0.2) is 4.39 Å². The van der Waals surface area contributed by atoms with Crippen LogP contribution in [-0.2, 0) is 6.54 Å². The average molecular weight is 245 g/mol. The second-order valence-electron chi connectivity index (χ2n) is 3.91. The molecule has 92 valence electrons. The van der Waals surface area contributed by atoms with Crippen LogP contribution in [0.1, 0.15) is 17.0 Å². The summed E-state index contributed by atoms with van der Waals surface area (Å²) < 4.78 is 19.9. The summed E-state index contributed by atoms with van der Waals surface area (Å²) >= 11 is 0. The fourth-order valence-corrected chi connectivity index (χ4v) is 1.74. The summed E-state index contributed by atoms with van der Waals surface area (Å²) in [5, 5.41) is 13.1. The van der Waals surface area contributed by atoms with E-state index in [9.17, 15) is 4.39 Å². The third kappa shape index (κ3) is 2.33. The van der Waals surface area contributed by atoms with Gasteiger partial charge in [0.25, 0.3) is 0 Å². The Morgan fingerprint density at radius 1 is 1.44 bits per heavy atom. The van der Waals surface area contributed by atoms with Gasteiger partial charge in [0.15, 0.2) is 11.6 Å². The number of halogens is 1. The summed E-state index contributed by atoms with van der Waals surface area (Å²) in [5.74, 6) is -0.215. The average Bonchev–Trinajstić information content (AvgIpc) is 2.70. The van der Waals surface area contributed by atoms with Crippen LogP contribution >= 0.6 is 0 Å². The van der Waals surface area contributed by atoms with Crippen molar-refractivity contribution in [2.24, 2.45) is 0 Å². The number of hydrogen-bond donors (Lipinski definition) is 0. The fourth-order valence-electron chi connectivity index (χ4n) is 1.74. The molecule has 1 aromatic heterocycles. The van der Waals surface area contributed by atoms with Gasteiger partial charge in [-0.2, -0.15) is 10.4 Å². The number of nitriles is 1. The molecule has 0 radical (unpaired) electrons. The topological polar surface area (TPSA) is 50.8 Å². The van der Waals surface area contributed by atoms with Crippen molar-refractivity contribution >= 4 is 0 Å². The van der Waals surface area contributed by atoms with Crippen LogP contribution in [0.5, 0.6) is 5.75 Å². The predicted molar refractivity (Wildman–Crippen MR) is 63.7 cm³/mol. The minimum Gasteiger partial charge on any atom is -0.494 e. The Morgan fingerprint density at radius 3 is 2.83 bits per heavy atom. The summed E-state index contributed by atoms with van der Waals surface area (Å²) in [6.07, 6.45) is 0. The smallest absolute Gasteiger partial charge is 0.165 e. The van der Waals surface area contributed by atoms with E-state index >= 15 is 0 Å². The molecule has 0 aliphatic carbocycles. The Balaban J connectivity index is 2.29. The summed E-state index contributed by atoms with van der Waals surface area (Å²) in [4.78, 5) is 0. The van der Waals surface area contributed by atoms with Crippen molar-refractivity contribution in [3.8, 4) is 11.8 Å². The summed E-state index contributed by atoms with van der Waals surface area (Å²) in [6, 6.07) is 8.45. The highest BCUT2D eigenvalue weighted by Gasteiger charge is 2.08. The Kier molecular flexibility index (Phi) is 3.28. The predicted octanol–water partition coefficient (Wildman–Crippen LogP) is 2.26. The molecule has 2 rings (SSSR count). The maximum Gasteiger partial charge on any atom is 0.165 e. The van der Waals surface area contributed by atoms with E-state index in [1.165, 1.54) is 13.2 Å². The number of rotatable bonds is 3. The molecule has 0 spiro atoms. The van der Waals surface area contributed by atoms with Crippen LogP contribution in [0, 0.1) is 24.1 Å². The van der Waals surface area contributed by atoms with Crippen LogP contribution in [0.3, 0.4) is 0 Å². The van der Waals surface area contributed by atoms with E-state index in [1.807, 2.05) is 6.92 Å². The van der Waals surface area contributed by atoms with Gasteiger partial charge in [-0.05, 0) is 30.7 Å². The first-order valence-electron chi connectivity index (χ1n) is 5.41. The zero-order valence-electron chi connectivity index (χ0n) is 10.1. The van der Waals surface area contributed by atoms with Crippen LogP contribution in [0.2, 0.25) is 0 Å². The van der Waals surface area contributed by atoms with Gasteiger partial charge in [-0.15, -0.1) is 0 Å². The minimum atomic E-state index is -0.419. The van der Waals surface area contributed by atoms with Crippen molar-refractivity contribution in [1.29, 1.82) is 5.26 Å². The Labute approximate surface area is 104 Å². The van der Waals surface area contributed by atoms with Crippen molar-refractivity contribution in [3.05, 3.63) is 47.0 Å². The highest BCUT2D eigenvalue weighted by molar-refractivity contribution is 5.30. The largest absolute Gasteiger partial charge is 0.494 e. The number of methoxy groups -OCH3 is 1. The highest BCUT2D eigenvalue weighted by atomic mass is 19.1. The lowest BCUT2D eigenvalue weighted by atomic mass is 10.2. The van der Waals surface area contributed by atoms with Crippen molar-refractivity contribution in [3.63, 3.8) is 0 Å². The van der Waals surface area contributed by atoms with Gasteiger partial charge in [0.2, 0.25) is 0 Å². The molecule has 1 aromatic carbocycles. The van der Waals surface area contributed by atoms with Gasteiger partial charge >= 0.3 is 0 Å². The molecule has 5 heteroatoms. The first-order chi connectivity index (χ1) is 8.63. The minimum absolute atomic E-state index is 0.205. The Hall–Kier alpha value is -2.35. The van der Waals surface area contributed by atoms with Gasteiger partial charge in [0, 0.05) is 0 Å². The molecule has 0 N–H and O–H groups in total. The van der Waals surface area contributed by atoms with Gasteiger partial charge < -0.3 is 4.74 Å². The molecule has 18 heavy (non-hydrogen) atoms. The molecule has 0 aliphatic heterocycles. The summed E-state index contributed by atoms with van der Waals surface area (Å²) in [6.45, 7) is 2.17. The number of hydrogen-bond acceptors (Lipinski definition) is 3. The standard InChI is InChI=1S/C13H12FN3O/c1-9-5-11(7-15)17(16-9)8-10-3-4-13(18-2)12(14)6-10/h3-6H,8H2,1-2H3. The second-order valence-corrected chi connectivity index (χ2v) is 3.91. The Bertz CT molecular complexity index is 613. The second kappa shape index (κ2) is 4.88. The zero-order valence-corrected chi connectivity index (χ0v) is 10.1. The zero-order chi connectivity index (χ0) is 13.1. The van der Waals surface area contributed by atoms with Crippen molar-refractivity contribution < 1.29 is 9.13 Å². The van der Waals surface area contributed by atoms with Crippen molar-refractivity contribution in [1.82, 2.24) is 9.78 Å². The molecule has 0 saturated heterocycles. The monoisotopic (exact) mass is 245 g/mol. The lowest BCUT2D eigenvalue weighted by molar-refractivity contribution is 0.386. The summed E-state index contributed by atoms with van der Waals surface area (Å²) in [5.41, 5.74) is 1.96. The SMILES string of the molecule is COc1ccc(Cn2nc(C)cc2C#N)cc1F. The van der Waals surface area contributed by atoms with Gasteiger partial charge in [-0.1, -0.05) is 6.07 Å². The van der Waals surface area contributed by atoms with Crippen LogP contribution in [-0.4, -0.2) is 16.9 Å². The third-order valence-corrected chi connectivity index (χ3v) is 2.57. The van der Waals surface area contributed by atoms with Gasteiger partial charge in [0.1, 0.15) is 11.8 Å². The van der Waals surface area contributed by atoms with E-state index in [4.69, 9.17) is 10.00 Å². The van der Waals surface area contributed by atoms with E-state index in [2.05, 4.69) is 11.2 Å². The molecule has 0 bridgehead atoms. The molecule has 1 heterocycles.